The second kappa shape index (κ2) is 6.81. The van der Waals surface area contributed by atoms with Crippen molar-refractivity contribution in [3.05, 3.63) is 35.9 Å². The Labute approximate surface area is 135 Å². The van der Waals surface area contributed by atoms with Gasteiger partial charge in [-0.05, 0) is 11.5 Å². The van der Waals surface area contributed by atoms with Crippen molar-refractivity contribution in [2.75, 3.05) is 7.11 Å². The van der Waals surface area contributed by atoms with E-state index in [2.05, 4.69) is 5.16 Å². The minimum Gasteiger partial charge on any atom is -0.466 e. The summed E-state index contributed by atoms with van der Waals surface area (Å²) >= 11 is 0. The highest BCUT2D eigenvalue weighted by atomic mass is 16.7. The lowest BCUT2D eigenvalue weighted by Crippen LogP contribution is -2.54. The first-order valence-electron chi connectivity index (χ1n) is 7.47. The fourth-order valence-corrected chi connectivity index (χ4v) is 2.73. The molecule has 1 heterocycles. The van der Waals surface area contributed by atoms with Crippen LogP contribution >= 0.6 is 0 Å². The Morgan fingerprint density at radius 3 is 2.43 bits per heavy atom. The third kappa shape index (κ3) is 3.36. The Hall–Kier alpha value is -2.37. The predicted octanol–water partition coefficient (Wildman–Crippen LogP) is 2.31. The molecule has 0 spiro atoms. The van der Waals surface area contributed by atoms with Crippen LogP contribution in [0.15, 0.2) is 35.5 Å². The van der Waals surface area contributed by atoms with E-state index in [9.17, 15) is 9.59 Å². The molecule has 1 aliphatic heterocycles. The van der Waals surface area contributed by atoms with Gasteiger partial charge in [-0.15, -0.1) is 0 Å². The smallest absolute Gasteiger partial charge is 0.357 e. The molecule has 6 heteroatoms. The van der Waals surface area contributed by atoms with E-state index >= 15 is 0 Å². The van der Waals surface area contributed by atoms with Crippen LogP contribution in [0, 0.1) is 5.92 Å². The molecule has 0 radical (unpaired) electrons. The Kier molecular flexibility index (Phi) is 5.03. The highest BCUT2D eigenvalue weighted by Crippen LogP contribution is 2.36. The van der Waals surface area contributed by atoms with Gasteiger partial charge in [0, 0.05) is 6.92 Å². The number of oxime groups is 1. The molecular formula is C17H21NO5. The summed E-state index contributed by atoms with van der Waals surface area (Å²) in [6.45, 7) is 5.00. The molecule has 1 aliphatic rings. The van der Waals surface area contributed by atoms with Gasteiger partial charge in [-0.1, -0.05) is 49.3 Å². The molecule has 0 saturated heterocycles. The topological polar surface area (TPSA) is 74.2 Å². The normalized spacial score (nSPS) is 21.3. The zero-order chi connectivity index (χ0) is 17.0. The van der Waals surface area contributed by atoms with Crippen molar-refractivity contribution in [1.29, 1.82) is 0 Å². The van der Waals surface area contributed by atoms with Crippen molar-refractivity contribution < 1.29 is 23.9 Å². The molecule has 2 rings (SSSR count). The molecule has 0 unspecified atom stereocenters. The lowest BCUT2D eigenvalue weighted by Gasteiger charge is -2.33. The van der Waals surface area contributed by atoms with Crippen molar-refractivity contribution in [1.82, 2.24) is 0 Å². The van der Waals surface area contributed by atoms with Crippen LogP contribution in [0.3, 0.4) is 0 Å². The summed E-state index contributed by atoms with van der Waals surface area (Å²) in [5, 5.41) is 4.06. The van der Waals surface area contributed by atoms with Crippen molar-refractivity contribution >= 4 is 17.7 Å². The fraction of sp³-hybridized carbons (Fsp3) is 0.471. The third-order valence-corrected chi connectivity index (χ3v) is 3.74. The van der Waals surface area contributed by atoms with Crippen LogP contribution in [0.25, 0.3) is 0 Å². The van der Waals surface area contributed by atoms with Gasteiger partial charge in [0.25, 0.3) is 5.60 Å². The summed E-state index contributed by atoms with van der Waals surface area (Å²) in [6.07, 6.45) is -0.614. The van der Waals surface area contributed by atoms with Crippen LogP contribution in [0.4, 0.5) is 0 Å². The second-order valence-corrected chi connectivity index (χ2v) is 5.83. The number of ether oxygens (including phenoxy) is 2. The molecule has 0 aliphatic carbocycles. The van der Waals surface area contributed by atoms with Gasteiger partial charge in [0.05, 0.1) is 19.2 Å². The van der Waals surface area contributed by atoms with E-state index in [1.807, 2.05) is 44.2 Å². The minimum atomic E-state index is -1.46. The van der Waals surface area contributed by atoms with Crippen LogP contribution in [0.5, 0.6) is 0 Å². The first-order chi connectivity index (χ1) is 10.9. The Balaban J connectivity index is 2.36. The number of esters is 2. The van der Waals surface area contributed by atoms with Crippen LogP contribution in [0.1, 0.15) is 32.8 Å². The Morgan fingerprint density at radius 1 is 1.26 bits per heavy atom. The molecule has 6 nitrogen and oxygen atoms in total. The molecule has 0 N–H and O–H groups in total. The molecule has 0 saturated carbocycles. The summed E-state index contributed by atoms with van der Waals surface area (Å²) in [5.41, 5.74) is 0.0113. The summed E-state index contributed by atoms with van der Waals surface area (Å²) in [5.74, 6) is -1.24. The van der Waals surface area contributed by atoms with Crippen molar-refractivity contribution in [2.24, 2.45) is 11.1 Å². The summed E-state index contributed by atoms with van der Waals surface area (Å²) in [4.78, 5) is 29.4. The van der Waals surface area contributed by atoms with E-state index in [1.165, 1.54) is 14.0 Å². The number of rotatable bonds is 5. The van der Waals surface area contributed by atoms with Gasteiger partial charge in [0.2, 0.25) is 0 Å². The molecule has 2 atom stereocenters. The Bertz CT molecular complexity index is 611. The molecule has 1 aromatic rings. The maximum Gasteiger partial charge on any atom is 0.357 e. The quantitative estimate of drug-likeness (QED) is 0.779. The van der Waals surface area contributed by atoms with Crippen LogP contribution < -0.4 is 0 Å². The molecule has 0 fully saturated rings. The standard InChI is InChI=1S/C17H21NO5/c1-11(2)15(22-12(3)19)17(16(20)21-4)10-14(18-23-17)13-8-6-5-7-9-13/h5-9,11,15H,10H2,1-4H3/t15-,17+/m1/s1. The molecule has 23 heavy (non-hydrogen) atoms. The first-order valence-corrected chi connectivity index (χ1v) is 7.47. The minimum absolute atomic E-state index is 0.150. The summed E-state index contributed by atoms with van der Waals surface area (Å²) < 4.78 is 10.3. The van der Waals surface area contributed by atoms with Gasteiger partial charge >= 0.3 is 11.9 Å². The van der Waals surface area contributed by atoms with Gasteiger partial charge < -0.3 is 14.3 Å². The van der Waals surface area contributed by atoms with Gasteiger partial charge in [-0.25, -0.2) is 4.79 Å². The number of hydrogen-bond acceptors (Lipinski definition) is 6. The van der Waals surface area contributed by atoms with Crippen molar-refractivity contribution in [2.45, 2.75) is 38.9 Å². The number of hydrogen-bond donors (Lipinski definition) is 0. The van der Waals surface area contributed by atoms with Gasteiger partial charge in [0.1, 0.15) is 0 Å². The van der Waals surface area contributed by atoms with Gasteiger partial charge in [-0.3, -0.25) is 4.79 Å². The van der Waals surface area contributed by atoms with Crippen LogP contribution in [-0.2, 0) is 23.9 Å². The van der Waals surface area contributed by atoms with Crippen LogP contribution in [0.2, 0.25) is 0 Å². The molecule has 124 valence electrons. The number of nitrogens with zero attached hydrogens (tertiary/aromatic N) is 1. The average molecular weight is 319 g/mol. The zero-order valence-corrected chi connectivity index (χ0v) is 13.7. The zero-order valence-electron chi connectivity index (χ0n) is 13.7. The average Bonchev–Trinajstić information content (AvgIpc) is 2.98. The molecule has 0 aromatic heterocycles. The highest BCUT2D eigenvalue weighted by Gasteiger charge is 2.57. The fourth-order valence-electron chi connectivity index (χ4n) is 2.73. The second-order valence-electron chi connectivity index (χ2n) is 5.83. The van der Waals surface area contributed by atoms with E-state index in [4.69, 9.17) is 14.3 Å². The number of methoxy groups -OCH3 is 1. The highest BCUT2D eigenvalue weighted by molar-refractivity contribution is 6.05. The largest absolute Gasteiger partial charge is 0.466 e. The van der Waals surface area contributed by atoms with E-state index < -0.39 is 23.6 Å². The van der Waals surface area contributed by atoms with E-state index in [0.717, 1.165) is 5.56 Å². The van der Waals surface area contributed by atoms with Gasteiger partial charge in [0.15, 0.2) is 6.10 Å². The van der Waals surface area contributed by atoms with Crippen LogP contribution in [-0.4, -0.2) is 36.5 Å². The van der Waals surface area contributed by atoms with Crippen molar-refractivity contribution in [3.8, 4) is 0 Å². The predicted molar refractivity (Wildman–Crippen MR) is 83.8 cm³/mol. The lowest BCUT2D eigenvalue weighted by molar-refractivity contribution is -0.196. The van der Waals surface area contributed by atoms with Gasteiger partial charge in [-0.2, -0.15) is 0 Å². The molecule has 0 bridgehead atoms. The Morgan fingerprint density at radius 2 is 1.91 bits per heavy atom. The lowest BCUT2D eigenvalue weighted by atomic mass is 9.83. The molecular weight excluding hydrogens is 298 g/mol. The van der Waals surface area contributed by atoms with E-state index in [-0.39, 0.29) is 12.3 Å². The molecule has 0 amide bonds. The SMILES string of the molecule is COC(=O)[C@@]1([C@H](OC(C)=O)C(C)C)CC(c2ccccc2)=NO1. The molecule has 1 aromatic carbocycles. The summed E-state index contributed by atoms with van der Waals surface area (Å²) in [7, 11) is 1.28. The van der Waals surface area contributed by atoms with E-state index in [0.29, 0.717) is 5.71 Å². The third-order valence-electron chi connectivity index (χ3n) is 3.74. The number of benzene rings is 1. The van der Waals surface area contributed by atoms with Crippen molar-refractivity contribution in [3.63, 3.8) is 0 Å². The maximum absolute atomic E-state index is 12.4. The summed E-state index contributed by atoms with van der Waals surface area (Å²) in [6, 6.07) is 9.41. The van der Waals surface area contributed by atoms with E-state index in [1.54, 1.807) is 0 Å². The number of carbonyl (C=O) groups excluding carboxylic acids is 2. The number of carbonyl (C=O) groups is 2. The monoisotopic (exact) mass is 319 g/mol. The maximum atomic E-state index is 12.4. The first kappa shape index (κ1) is 17.0.